The Hall–Kier alpha value is -3.54. The Kier molecular flexibility index (Phi) is 6.36. The highest BCUT2D eigenvalue weighted by molar-refractivity contribution is 5.91. The van der Waals surface area contributed by atoms with Crippen molar-refractivity contribution in [2.45, 2.75) is 6.42 Å². The van der Waals surface area contributed by atoms with Crippen molar-refractivity contribution in [3.63, 3.8) is 0 Å². The molecule has 0 atom stereocenters. The first-order chi connectivity index (χ1) is 15.1. The normalized spacial score (nSPS) is 13.8. The van der Waals surface area contributed by atoms with Crippen molar-refractivity contribution < 1.29 is 14.3 Å². The molecule has 1 heterocycles. The van der Waals surface area contributed by atoms with Crippen LogP contribution in [0.3, 0.4) is 0 Å². The van der Waals surface area contributed by atoms with Gasteiger partial charge in [0.2, 0.25) is 11.8 Å². The van der Waals surface area contributed by atoms with Gasteiger partial charge in [-0.2, -0.15) is 0 Å². The molecule has 0 saturated carbocycles. The Bertz CT molecular complexity index is 1050. The molecule has 0 radical (unpaired) electrons. The van der Waals surface area contributed by atoms with Gasteiger partial charge >= 0.3 is 0 Å². The van der Waals surface area contributed by atoms with Crippen LogP contribution in [0.25, 0.3) is 10.8 Å². The lowest BCUT2D eigenvalue weighted by atomic mass is 10.0. The zero-order chi connectivity index (χ0) is 21.6. The van der Waals surface area contributed by atoms with E-state index in [9.17, 15) is 9.59 Å². The van der Waals surface area contributed by atoms with Crippen LogP contribution in [0.4, 0.5) is 5.69 Å². The van der Waals surface area contributed by atoms with Crippen molar-refractivity contribution in [3.8, 4) is 5.75 Å². The molecule has 0 unspecified atom stereocenters. The Balaban J connectivity index is 1.26. The number of rotatable bonds is 6. The second-order valence-electron chi connectivity index (χ2n) is 7.66. The molecule has 0 bridgehead atoms. The maximum atomic E-state index is 12.6. The Morgan fingerprint density at radius 3 is 2.35 bits per heavy atom. The SMILES string of the molecule is COc1ccc(N2CCN(C(=O)CNC(=O)Cc3cccc4ccccc34)CC2)cc1. The zero-order valence-corrected chi connectivity index (χ0v) is 17.7. The van der Waals surface area contributed by atoms with Crippen LogP contribution in [0.2, 0.25) is 0 Å². The summed E-state index contributed by atoms with van der Waals surface area (Å²) in [6.07, 6.45) is 0.264. The summed E-state index contributed by atoms with van der Waals surface area (Å²) in [7, 11) is 1.65. The van der Waals surface area contributed by atoms with Crippen LogP contribution in [0.5, 0.6) is 5.75 Å². The fourth-order valence-electron chi connectivity index (χ4n) is 3.98. The molecule has 31 heavy (non-hydrogen) atoms. The van der Waals surface area contributed by atoms with Gasteiger partial charge in [0, 0.05) is 31.9 Å². The number of methoxy groups -OCH3 is 1. The fourth-order valence-corrected chi connectivity index (χ4v) is 3.98. The average Bonchev–Trinajstić information content (AvgIpc) is 2.83. The summed E-state index contributed by atoms with van der Waals surface area (Å²) in [5.74, 6) is 0.652. The van der Waals surface area contributed by atoms with Gasteiger partial charge < -0.3 is 19.9 Å². The molecule has 1 aliphatic heterocycles. The number of piperazine rings is 1. The number of amides is 2. The summed E-state index contributed by atoms with van der Waals surface area (Å²) < 4.78 is 5.20. The molecule has 3 aromatic carbocycles. The van der Waals surface area contributed by atoms with Crippen molar-refractivity contribution in [2.24, 2.45) is 0 Å². The van der Waals surface area contributed by atoms with Crippen LogP contribution in [-0.4, -0.2) is 56.5 Å². The maximum Gasteiger partial charge on any atom is 0.242 e. The van der Waals surface area contributed by atoms with Crippen molar-refractivity contribution >= 4 is 28.3 Å². The Labute approximate surface area is 182 Å². The van der Waals surface area contributed by atoms with E-state index in [1.807, 2.05) is 71.6 Å². The lowest BCUT2D eigenvalue weighted by Gasteiger charge is -2.36. The minimum Gasteiger partial charge on any atom is -0.497 e. The van der Waals surface area contributed by atoms with Gasteiger partial charge in [0.1, 0.15) is 5.75 Å². The van der Waals surface area contributed by atoms with Gasteiger partial charge in [-0.3, -0.25) is 9.59 Å². The number of nitrogens with zero attached hydrogens (tertiary/aromatic N) is 2. The summed E-state index contributed by atoms with van der Waals surface area (Å²) >= 11 is 0. The molecule has 6 nitrogen and oxygen atoms in total. The third-order valence-corrected chi connectivity index (χ3v) is 5.74. The van der Waals surface area contributed by atoms with E-state index in [1.54, 1.807) is 7.11 Å². The Morgan fingerprint density at radius 1 is 0.903 bits per heavy atom. The van der Waals surface area contributed by atoms with Gasteiger partial charge in [-0.15, -0.1) is 0 Å². The number of carbonyl (C=O) groups is 2. The summed E-state index contributed by atoms with van der Waals surface area (Å²) in [6, 6.07) is 21.9. The topological polar surface area (TPSA) is 61.9 Å². The summed E-state index contributed by atoms with van der Waals surface area (Å²) in [4.78, 5) is 29.1. The molecule has 1 fully saturated rings. The molecular weight excluding hydrogens is 390 g/mol. The molecule has 1 N–H and O–H groups in total. The monoisotopic (exact) mass is 417 g/mol. The number of hydrogen-bond donors (Lipinski definition) is 1. The molecule has 0 aliphatic carbocycles. The minimum absolute atomic E-state index is 0.0339. The fraction of sp³-hybridized carbons (Fsp3) is 0.280. The number of hydrogen-bond acceptors (Lipinski definition) is 4. The van der Waals surface area contributed by atoms with Crippen molar-refractivity contribution in [3.05, 3.63) is 72.3 Å². The minimum atomic E-state index is -0.137. The molecular formula is C25H27N3O3. The van der Waals surface area contributed by atoms with Crippen LogP contribution in [0.15, 0.2) is 66.7 Å². The zero-order valence-electron chi connectivity index (χ0n) is 17.7. The standard InChI is InChI=1S/C25H27N3O3/c1-31-22-11-9-21(10-12-22)27-13-15-28(16-14-27)25(30)18-26-24(29)17-20-7-4-6-19-5-2-3-8-23(19)20/h2-12H,13-18H2,1H3,(H,26,29). The molecule has 1 aliphatic rings. The van der Waals surface area contributed by atoms with Gasteiger partial charge in [0.15, 0.2) is 0 Å². The molecule has 0 spiro atoms. The van der Waals surface area contributed by atoms with Gasteiger partial charge in [0.25, 0.3) is 0 Å². The first kappa shape index (κ1) is 20.7. The van der Waals surface area contributed by atoms with Gasteiger partial charge in [-0.05, 0) is 40.6 Å². The lowest BCUT2D eigenvalue weighted by Crippen LogP contribution is -2.51. The van der Waals surface area contributed by atoms with E-state index in [0.29, 0.717) is 13.1 Å². The average molecular weight is 418 g/mol. The van der Waals surface area contributed by atoms with Gasteiger partial charge in [0.05, 0.1) is 20.1 Å². The second kappa shape index (κ2) is 9.51. The van der Waals surface area contributed by atoms with Gasteiger partial charge in [-0.1, -0.05) is 42.5 Å². The van der Waals surface area contributed by atoms with E-state index < -0.39 is 0 Å². The molecule has 1 saturated heterocycles. The third kappa shape index (κ3) is 4.97. The number of fused-ring (bicyclic) bond motifs is 1. The van der Waals surface area contributed by atoms with Crippen LogP contribution >= 0.6 is 0 Å². The summed E-state index contributed by atoms with van der Waals surface area (Å²) in [5.41, 5.74) is 2.09. The third-order valence-electron chi connectivity index (χ3n) is 5.74. The molecule has 4 rings (SSSR count). The van der Waals surface area contributed by atoms with Crippen molar-refractivity contribution in [2.75, 3.05) is 44.7 Å². The highest BCUT2D eigenvalue weighted by Crippen LogP contribution is 2.21. The van der Waals surface area contributed by atoms with E-state index in [2.05, 4.69) is 10.2 Å². The van der Waals surface area contributed by atoms with Gasteiger partial charge in [-0.25, -0.2) is 0 Å². The number of benzene rings is 3. The second-order valence-corrected chi connectivity index (χ2v) is 7.66. The van der Waals surface area contributed by atoms with Crippen LogP contribution in [-0.2, 0) is 16.0 Å². The molecule has 3 aromatic rings. The lowest BCUT2D eigenvalue weighted by molar-refractivity contribution is -0.133. The predicted octanol–water partition coefficient (Wildman–Crippen LogP) is 2.86. The quantitative estimate of drug-likeness (QED) is 0.670. The predicted molar refractivity (Wildman–Crippen MR) is 122 cm³/mol. The van der Waals surface area contributed by atoms with E-state index in [4.69, 9.17) is 4.74 Å². The van der Waals surface area contributed by atoms with E-state index in [1.165, 1.54) is 0 Å². The van der Waals surface area contributed by atoms with E-state index in [-0.39, 0.29) is 24.8 Å². The van der Waals surface area contributed by atoms with E-state index in [0.717, 1.165) is 40.9 Å². The van der Waals surface area contributed by atoms with Crippen molar-refractivity contribution in [1.82, 2.24) is 10.2 Å². The van der Waals surface area contributed by atoms with Crippen molar-refractivity contribution in [1.29, 1.82) is 0 Å². The van der Waals surface area contributed by atoms with E-state index >= 15 is 0 Å². The van der Waals surface area contributed by atoms with Crippen LogP contribution in [0, 0.1) is 0 Å². The summed E-state index contributed by atoms with van der Waals surface area (Å²) in [6.45, 7) is 2.85. The molecule has 6 heteroatoms. The van der Waals surface area contributed by atoms with Crippen LogP contribution < -0.4 is 15.0 Å². The number of ether oxygens (including phenoxy) is 1. The maximum absolute atomic E-state index is 12.6. The number of nitrogens with one attached hydrogen (secondary N) is 1. The molecule has 160 valence electrons. The largest absolute Gasteiger partial charge is 0.497 e. The number of carbonyl (C=O) groups excluding carboxylic acids is 2. The number of anilines is 1. The van der Waals surface area contributed by atoms with Crippen LogP contribution in [0.1, 0.15) is 5.56 Å². The smallest absolute Gasteiger partial charge is 0.242 e. The Morgan fingerprint density at radius 2 is 1.61 bits per heavy atom. The molecule has 2 amide bonds. The highest BCUT2D eigenvalue weighted by Gasteiger charge is 2.21. The highest BCUT2D eigenvalue weighted by atomic mass is 16.5. The first-order valence-corrected chi connectivity index (χ1v) is 10.5. The molecule has 0 aromatic heterocycles. The summed E-state index contributed by atoms with van der Waals surface area (Å²) in [5, 5.41) is 4.97. The first-order valence-electron chi connectivity index (χ1n) is 10.5.